The van der Waals surface area contributed by atoms with Crippen LogP contribution in [0.4, 0.5) is 5.69 Å². The molecular weight excluding hydrogens is 270 g/mol. The third-order valence-electron chi connectivity index (χ3n) is 2.24. The molecule has 1 rings (SSSR count). The summed E-state index contributed by atoms with van der Waals surface area (Å²) in [5.74, 6) is -1.79. The molecule has 1 aromatic carbocycles. The van der Waals surface area contributed by atoms with Gasteiger partial charge in [0.15, 0.2) is 0 Å². The number of likely N-dealkylation sites (N-methyl/N-ethyl adjacent to an activating group) is 1. The Bertz CT molecular complexity index is 610. The molecule has 0 fully saturated rings. The summed E-state index contributed by atoms with van der Waals surface area (Å²) < 4.78 is 22.8. The van der Waals surface area contributed by atoms with Crippen LogP contribution in [0, 0.1) is 6.92 Å². The van der Waals surface area contributed by atoms with Crippen molar-refractivity contribution < 1.29 is 18.0 Å². The number of benzene rings is 1. The van der Waals surface area contributed by atoms with Gasteiger partial charge in [-0.25, -0.2) is 13.6 Å². The Morgan fingerprint density at radius 3 is 2.42 bits per heavy atom. The summed E-state index contributed by atoms with van der Waals surface area (Å²) in [7, 11) is -3.99. The number of nitrogens with two attached hydrogens (primary N) is 1. The van der Waals surface area contributed by atoms with Crippen LogP contribution in [0.2, 0.25) is 0 Å². The van der Waals surface area contributed by atoms with Crippen molar-refractivity contribution in [2.45, 2.75) is 18.7 Å². The van der Waals surface area contributed by atoms with Crippen molar-refractivity contribution in [3.8, 4) is 0 Å². The minimum atomic E-state index is -3.99. The molecule has 0 aliphatic rings. The molecule has 0 aliphatic carbocycles. The van der Waals surface area contributed by atoms with Gasteiger partial charge in [-0.2, -0.15) is 0 Å². The summed E-state index contributed by atoms with van der Waals surface area (Å²) >= 11 is 0. The van der Waals surface area contributed by atoms with Gasteiger partial charge in [0, 0.05) is 6.54 Å². The average Bonchev–Trinajstić information content (AvgIpc) is 2.30. The first-order valence-corrected chi connectivity index (χ1v) is 7.03. The summed E-state index contributed by atoms with van der Waals surface area (Å²) in [4.78, 5) is 22.5. The Labute approximate surface area is 111 Å². The fraction of sp³-hybridized carbons (Fsp3) is 0.273. The van der Waals surface area contributed by atoms with Gasteiger partial charge in [-0.15, -0.1) is 0 Å². The maximum atomic E-state index is 11.5. The van der Waals surface area contributed by atoms with Crippen molar-refractivity contribution in [2.75, 3.05) is 11.9 Å². The minimum absolute atomic E-state index is 0.0237. The number of hydrogen-bond acceptors (Lipinski definition) is 4. The molecule has 0 radical (unpaired) electrons. The number of carbonyl (C=O) groups excluding carboxylic acids is 2. The maximum absolute atomic E-state index is 11.5. The third-order valence-corrected chi connectivity index (χ3v) is 3.19. The smallest absolute Gasteiger partial charge is 0.313 e. The largest absolute Gasteiger partial charge is 0.348 e. The zero-order valence-corrected chi connectivity index (χ0v) is 11.4. The van der Waals surface area contributed by atoms with Crippen LogP contribution in [-0.4, -0.2) is 26.8 Å². The van der Waals surface area contributed by atoms with Crippen LogP contribution < -0.4 is 15.8 Å². The van der Waals surface area contributed by atoms with Gasteiger partial charge in [-0.1, -0.05) is 6.07 Å². The number of anilines is 1. The number of amides is 2. The zero-order chi connectivity index (χ0) is 14.6. The highest BCUT2D eigenvalue weighted by Crippen LogP contribution is 2.21. The first-order valence-electron chi connectivity index (χ1n) is 5.48. The summed E-state index contributed by atoms with van der Waals surface area (Å²) in [6.07, 6.45) is 0. The molecule has 1 aromatic rings. The van der Waals surface area contributed by atoms with E-state index in [1.165, 1.54) is 12.1 Å². The van der Waals surface area contributed by atoms with Crippen LogP contribution in [0.15, 0.2) is 23.1 Å². The summed E-state index contributed by atoms with van der Waals surface area (Å²) in [6, 6.07) is 4.30. The molecule has 0 bridgehead atoms. The second kappa shape index (κ2) is 5.81. The Morgan fingerprint density at radius 1 is 1.26 bits per heavy atom. The molecule has 104 valence electrons. The summed E-state index contributed by atoms with van der Waals surface area (Å²) in [5.41, 5.74) is 0.643. The van der Waals surface area contributed by atoms with Gasteiger partial charge in [0.25, 0.3) is 0 Å². The van der Waals surface area contributed by atoms with Crippen LogP contribution in [0.3, 0.4) is 0 Å². The predicted molar refractivity (Wildman–Crippen MR) is 69.9 cm³/mol. The lowest BCUT2D eigenvalue weighted by atomic mass is 10.2. The number of carbonyl (C=O) groups is 2. The normalized spacial score (nSPS) is 10.9. The van der Waals surface area contributed by atoms with Crippen LogP contribution in [0.1, 0.15) is 12.5 Å². The van der Waals surface area contributed by atoms with Crippen molar-refractivity contribution in [2.24, 2.45) is 5.14 Å². The highest BCUT2D eigenvalue weighted by molar-refractivity contribution is 7.89. The molecule has 0 aromatic heterocycles. The summed E-state index contributed by atoms with van der Waals surface area (Å²) in [5, 5.41) is 9.58. The van der Waals surface area contributed by atoms with Crippen molar-refractivity contribution >= 4 is 27.5 Å². The molecule has 0 aliphatic heterocycles. The lowest BCUT2D eigenvalue weighted by Gasteiger charge is -2.10. The van der Waals surface area contributed by atoms with Crippen LogP contribution in [0.25, 0.3) is 0 Å². The Morgan fingerprint density at radius 2 is 1.89 bits per heavy atom. The molecule has 2 amide bonds. The van der Waals surface area contributed by atoms with Gasteiger partial charge in [0.2, 0.25) is 10.0 Å². The minimum Gasteiger partial charge on any atom is -0.348 e. The first-order chi connectivity index (χ1) is 8.75. The Hall–Kier alpha value is -1.93. The lowest BCUT2D eigenvalue weighted by molar-refractivity contribution is -0.136. The number of hydrogen-bond donors (Lipinski definition) is 3. The van der Waals surface area contributed by atoms with E-state index in [4.69, 9.17) is 5.14 Å². The van der Waals surface area contributed by atoms with E-state index in [0.29, 0.717) is 12.1 Å². The molecule has 19 heavy (non-hydrogen) atoms. The lowest BCUT2D eigenvalue weighted by Crippen LogP contribution is -2.35. The quantitative estimate of drug-likeness (QED) is 0.661. The highest BCUT2D eigenvalue weighted by atomic mass is 32.2. The fourth-order valence-electron chi connectivity index (χ4n) is 1.39. The standard InChI is InChI=1S/C11H15N3O4S/c1-3-13-10(15)11(16)14-8-5-4-7(2)6-9(8)19(12,17)18/h4-6H,3H2,1-2H3,(H,13,15)(H,14,16)(H2,12,17,18). The molecule has 0 spiro atoms. The first kappa shape index (κ1) is 15.1. The SMILES string of the molecule is CCNC(=O)C(=O)Nc1ccc(C)cc1S(N)(=O)=O. The Kier molecular flexibility index (Phi) is 4.62. The van der Waals surface area contributed by atoms with Gasteiger partial charge < -0.3 is 10.6 Å². The van der Waals surface area contributed by atoms with E-state index in [1.54, 1.807) is 19.9 Å². The van der Waals surface area contributed by atoms with Crippen LogP contribution >= 0.6 is 0 Å². The number of aryl methyl sites for hydroxylation is 1. The van der Waals surface area contributed by atoms with E-state index >= 15 is 0 Å². The van der Waals surface area contributed by atoms with Crippen molar-refractivity contribution in [1.29, 1.82) is 0 Å². The van der Waals surface area contributed by atoms with Crippen molar-refractivity contribution in [3.05, 3.63) is 23.8 Å². The molecule has 0 heterocycles. The molecular formula is C11H15N3O4S. The maximum Gasteiger partial charge on any atom is 0.313 e. The summed E-state index contributed by atoms with van der Waals surface area (Å²) in [6.45, 7) is 3.64. The average molecular weight is 285 g/mol. The van der Waals surface area contributed by atoms with Crippen molar-refractivity contribution in [3.63, 3.8) is 0 Å². The van der Waals surface area contributed by atoms with Gasteiger partial charge in [-0.3, -0.25) is 9.59 Å². The topological polar surface area (TPSA) is 118 Å². The van der Waals surface area contributed by atoms with E-state index in [0.717, 1.165) is 0 Å². The number of sulfonamides is 1. The van der Waals surface area contributed by atoms with E-state index in [1.807, 2.05) is 0 Å². The highest BCUT2D eigenvalue weighted by Gasteiger charge is 2.19. The molecule has 0 saturated carbocycles. The number of nitrogens with one attached hydrogen (secondary N) is 2. The molecule has 7 nitrogen and oxygen atoms in total. The van der Waals surface area contributed by atoms with Crippen LogP contribution in [-0.2, 0) is 19.6 Å². The fourth-order valence-corrected chi connectivity index (χ4v) is 2.16. The molecule has 0 unspecified atom stereocenters. The van der Waals surface area contributed by atoms with Gasteiger partial charge in [0.1, 0.15) is 4.90 Å². The van der Waals surface area contributed by atoms with E-state index < -0.39 is 21.8 Å². The second-order valence-corrected chi connectivity index (χ2v) is 5.39. The van der Waals surface area contributed by atoms with Gasteiger partial charge in [0.05, 0.1) is 5.69 Å². The third kappa shape index (κ3) is 4.04. The van der Waals surface area contributed by atoms with E-state index in [9.17, 15) is 18.0 Å². The van der Waals surface area contributed by atoms with E-state index in [2.05, 4.69) is 10.6 Å². The van der Waals surface area contributed by atoms with Gasteiger partial charge >= 0.3 is 11.8 Å². The zero-order valence-electron chi connectivity index (χ0n) is 10.6. The molecule has 0 atom stereocenters. The molecule has 0 saturated heterocycles. The number of primary sulfonamides is 1. The number of rotatable bonds is 3. The molecule has 8 heteroatoms. The van der Waals surface area contributed by atoms with Gasteiger partial charge in [-0.05, 0) is 31.5 Å². The van der Waals surface area contributed by atoms with Crippen LogP contribution in [0.5, 0.6) is 0 Å². The predicted octanol–water partition coefficient (Wildman–Crippen LogP) is -0.283. The van der Waals surface area contributed by atoms with E-state index in [-0.39, 0.29) is 10.6 Å². The van der Waals surface area contributed by atoms with Crippen molar-refractivity contribution in [1.82, 2.24) is 5.32 Å². The molecule has 4 N–H and O–H groups in total. The second-order valence-electron chi connectivity index (χ2n) is 3.86. The monoisotopic (exact) mass is 285 g/mol. The Balaban J connectivity index is 3.09.